The molecule has 1 amide bonds. The number of aromatic amines is 1. The summed E-state index contributed by atoms with van der Waals surface area (Å²) in [7, 11) is -3.80. The maximum absolute atomic E-state index is 15.0. The molecule has 1 aliphatic rings. The van der Waals surface area contributed by atoms with Gasteiger partial charge in [0.1, 0.15) is 4.90 Å². The summed E-state index contributed by atoms with van der Waals surface area (Å²) in [4.78, 5) is 32.4. The van der Waals surface area contributed by atoms with Crippen LogP contribution in [0.2, 0.25) is 0 Å². The van der Waals surface area contributed by atoms with E-state index in [2.05, 4.69) is 30.6 Å². The molecule has 1 atom stereocenters. The molecule has 16 heteroatoms. The highest BCUT2D eigenvalue weighted by Gasteiger charge is 2.34. The van der Waals surface area contributed by atoms with Crippen molar-refractivity contribution >= 4 is 44.1 Å². The van der Waals surface area contributed by atoms with E-state index in [-0.39, 0.29) is 36.5 Å². The molecule has 45 heavy (non-hydrogen) atoms. The lowest BCUT2D eigenvalue weighted by atomic mass is 10.1. The van der Waals surface area contributed by atoms with E-state index >= 15 is 0 Å². The number of nitrogens with zero attached hydrogens (tertiary/aromatic N) is 5. The van der Waals surface area contributed by atoms with E-state index < -0.39 is 39.3 Å². The minimum absolute atomic E-state index is 0.0400. The van der Waals surface area contributed by atoms with Gasteiger partial charge in [-0.1, -0.05) is 13.0 Å². The molecule has 3 aromatic heterocycles. The van der Waals surface area contributed by atoms with Crippen molar-refractivity contribution in [2.45, 2.75) is 37.4 Å². The number of carbonyl (C=O) groups is 1. The van der Waals surface area contributed by atoms with Crippen molar-refractivity contribution in [3.05, 3.63) is 54.2 Å². The first kappa shape index (κ1) is 32.2. The van der Waals surface area contributed by atoms with E-state index in [0.29, 0.717) is 47.2 Å². The van der Waals surface area contributed by atoms with Crippen LogP contribution >= 0.6 is 0 Å². The lowest BCUT2D eigenvalue weighted by molar-refractivity contribution is -0.150. The number of hydrogen-bond donors (Lipinski definition) is 3. The molecule has 1 saturated heterocycles. The van der Waals surface area contributed by atoms with Crippen LogP contribution in [-0.4, -0.2) is 95.3 Å². The van der Waals surface area contributed by atoms with Gasteiger partial charge in [0, 0.05) is 62.0 Å². The molecule has 240 valence electrons. The summed E-state index contributed by atoms with van der Waals surface area (Å²) in [6.07, 6.45) is 1.89. The molecule has 4 heterocycles. The van der Waals surface area contributed by atoms with Crippen LogP contribution < -0.4 is 10.6 Å². The number of anilines is 3. The zero-order valence-electron chi connectivity index (χ0n) is 24.7. The number of aryl methyl sites for hydroxylation is 1. The first-order valence-electron chi connectivity index (χ1n) is 14.1. The van der Waals surface area contributed by atoms with E-state index in [1.54, 1.807) is 25.4 Å². The predicted molar refractivity (Wildman–Crippen MR) is 161 cm³/mol. The van der Waals surface area contributed by atoms with Gasteiger partial charge in [-0.2, -0.15) is 13.2 Å². The average molecular weight is 649 g/mol. The lowest BCUT2D eigenvalue weighted by Gasteiger charge is -2.38. The summed E-state index contributed by atoms with van der Waals surface area (Å²) in [5.74, 6) is -0.945. The number of piperazine rings is 1. The second-order valence-electron chi connectivity index (χ2n) is 10.9. The molecule has 0 aliphatic carbocycles. The Hall–Kier alpha value is -4.15. The first-order valence-corrected chi connectivity index (χ1v) is 16.0. The molecular weight excluding hydrogens is 616 g/mol. The number of hydrogen-bond acceptors (Lipinski definition) is 9. The van der Waals surface area contributed by atoms with E-state index in [1.165, 1.54) is 29.3 Å². The van der Waals surface area contributed by atoms with Gasteiger partial charge in [-0.15, -0.1) is 0 Å². The van der Waals surface area contributed by atoms with Crippen LogP contribution in [0, 0.1) is 12.7 Å². The summed E-state index contributed by atoms with van der Waals surface area (Å²) in [6, 6.07) is 5.16. The minimum atomic E-state index is -4.27. The number of sulfone groups is 1. The fraction of sp³-hybridized carbons (Fsp3) is 0.379. The van der Waals surface area contributed by atoms with Gasteiger partial charge in [0.05, 0.1) is 29.5 Å². The van der Waals surface area contributed by atoms with Crippen LogP contribution in [0.15, 0.2) is 47.8 Å². The minimum Gasteiger partial charge on any atom is -0.357 e. The smallest absolute Gasteiger partial charge is 0.357 e. The quantitative estimate of drug-likeness (QED) is 0.224. The maximum Gasteiger partial charge on any atom is 0.401 e. The SMILES string of the molecule is CCC(C(=O)Nc1nccc2c(-c3nc(Nc4cccc(S(C)(=O)=O)c4F)ncc3C)c[nH]c12)N1CCN(CC(F)(F)F)CC1. The van der Waals surface area contributed by atoms with Gasteiger partial charge < -0.3 is 15.6 Å². The Balaban J connectivity index is 1.36. The molecule has 1 aromatic carbocycles. The summed E-state index contributed by atoms with van der Waals surface area (Å²) in [5.41, 5.74) is 2.29. The molecule has 0 saturated carbocycles. The Morgan fingerprint density at radius 3 is 2.53 bits per heavy atom. The predicted octanol–water partition coefficient (Wildman–Crippen LogP) is 4.51. The number of halogens is 4. The average Bonchev–Trinajstić information content (AvgIpc) is 3.40. The monoisotopic (exact) mass is 648 g/mol. The van der Waals surface area contributed by atoms with Crippen LogP contribution in [0.25, 0.3) is 22.2 Å². The Kier molecular flexibility index (Phi) is 9.09. The number of nitrogens with one attached hydrogen (secondary N) is 3. The van der Waals surface area contributed by atoms with Crippen molar-refractivity contribution in [2.24, 2.45) is 0 Å². The number of rotatable bonds is 9. The van der Waals surface area contributed by atoms with Crippen LogP contribution in [0.5, 0.6) is 0 Å². The lowest BCUT2D eigenvalue weighted by Crippen LogP contribution is -2.54. The zero-order valence-corrected chi connectivity index (χ0v) is 25.6. The van der Waals surface area contributed by atoms with E-state index in [0.717, 1.165) is 6.26 Å². The molecule has 1 unspecified atom stereocenters. The highest BCUT2D eigenvalue weighted by Crippen LogP contribution is 2.33. The molecule has 1 aliphatic heterocycles. The molecule has 1 fully saturated rings. The van der Waals surface area contributed by atoms with Gasteiger partial charge in [0.25, 0.3) is 0 Å². The van der Waals surface area contributed by atoms with Crippen LogP contribution in [0.3, 0.4) is 0 Å². The van der Waals surface area contributed by atoms with Crippen molar-refractivity contribution in [2.75, 3.05) is 49.6 Å². The zero-order chi connectivity index (χ0) is 32.5. The van der Waals surface area contributed by atoms with Crippen molar-refractivity contribution < 1.29 is 30.8 Å². The third-order valence-electron chi connectivity index (χ3n) is 7.62. The third kappa shape index (κ3) is 7.23. The van der Waals surface area contributed by atoms with Gasteiger partial charge in [0.2, 0.25) is 11.9 Å². The number of benzene rings is 1. The highest BCUT2D eigenvalue weighted by molar-refractivity contribution is 7.90. The maximum atomic E-state index is 15.0. The largest absolute Gasteiger partial charge is 0.401 e. The molecule has 4 aromatic rings. The van der Waals surface area contributed by atoms with E-state index in [4.69, 9.17) is 0 Å². The molecule has 3 N–H and O–H groups in total. The number of fused-ring (bicyclic) bond motifs is 1. The highest BCUT2D eigenvalue weighted by atomic mass is 32.2. The van der Waals surface area contributed by atoms with Crippen molar-refractivity contribution in [1.82, 2.24) is 29.7 Å². The second-order valence-corrected chi connectivity index (χ2v) is 12.8. The van der Waals surface area contributed by atoms with Crippen molar-refractivity contribution in [3.8, 4) is 11.3 Å². The van der Waals surface area contributed by atoms with Gasteiger partial charge in [-0.25, -0.2) is 27.8 Å². The Labute approximate surface area is 257 Å². The second kappa shape index (κ2) is 12.7. The van der Waals surface area contributed by atoms with E-state index in [9.17, 15) is 30.8 Å². The number of carbonyl (C=O) groups excluding carboxylic acids is 1. The number of H-pyrrole nitrogens is 1. The number of pyridine rings is 1. The van der Waals surface area contributed by atoms with Crippen molar-refractivity contribution in [1.29, 1.82) is 0 Å². The molecule has 11 nitrogen and oxygen atoms in total. The van der Waals surface area contributed by atoms with Crippen molar-refractivity contribution in [3.63, 3.8) is 0 Å². The molecular formula is C29H32F4N8O3S. The topological polar surface area (TPSA) is 136 Å². The molecule has 0 spiro atoms. The number of amides is 1. The fourth-order valence-corrected chi connectivity index (χ4v) is 6.19. The fourth-order valence-electron chi connectivity index (χ4n) is 5.43. The molecule has 0 radical (unpaired) electrons. The van der Waals surface area contributed by atoms with Gasteiger partial charge in [0.15, 0.2) is 21.5 Å². The third-order valence-corrected chi connectivity index (χ3v) is 8.73. The normalized spacial score (nSPS) is 15.7. The van der Waals surface area contributed by atoms with Crippen LogP contribution in [0.4, 0.5) is 35.0 Å². The summed E-state index contributed by atoms with van der Waals surface area (Å²) in [6.45, 7) is 3.76. The summed E-state index contributed by atoms with van der Waals surface area (Å²) >= 11 is 0. The standard InChI is InChI=1S/C29H32F4N8O3S/c1-4-21(41-12-10-40(11-13-41)16-29(31,32)33)27(42)39-26-25-18(8-9-34-26)19(15-35-25)24-17(2)14-36-28(38-24)37-20-6-5-7-22(23(20)30)45(3,43)44/h5-9,14-15,21,35H,4,10-13,16H2,1-3H3,(H,34,39,42)(H,36,37,38). The molecule has 5 rings (SSSR count). The summed E-state index contributed by atoms with van der Waals surface area (Å²) in [5, 5.41) is 6.32. The Morgan fingerprint density at radius 2 is 1.87 bits per heavy atom. The van der Waals surface area contributed by atoms with Crippen LogP contribution in [-0.2, 0) is 14.6 Å². The number of aromatic nitrogens is 4. The summed E-state index contributed by atoms with van der Waals surface area (Å²) < 4.78 is 77.2. The number of alkyl halides is 3. The Bertz CT molecular complexity index is 1820. The Morgan fingerprint density at radius 1 is 1.13 bits per heavy atom. The van der Waals surface area contributed by atoms with Gasteiger partial charge >= 0.3 is 6.18 Å². The van der Waals surface area contributed by atoms with Crippen LogP contribution in [0.1, 0.15) is 18.9 Å². The van der Waals surface area contributed by atoms with Gasteiger partial charge in [-0.3, -0.25) is 14.6 Å². The van der Waals surface area contributed by atoms with E-state index in [1.807, 2.05) is 11.8 Å². The first-order chi connectivity index (χ1) is 21.2. The van der Waals surface area contributed by atoms with Gasteiger partial charge in [-0.05, 0) is 37.1 Å². The molecule has 0 bridgehead atoms.